The summed E-state index contributed by atoms with van der Waals surface area (Å²) in [5.41, 5.74) is 1.24. The van der Waals surface area contributed by atoms with Gasteiger partial charge >= 0.3 is 0 Å². The monoisotopic (exact) mass is 294 g/mol. The Bertz CT molecular complexity index is 895. The molecule has 1 aromatic heterocycles. The average molecular weight is 294 g/mol. The molecule has 0 bridgehead atoms. The van der Waals surface area contributed by atoms with Gasteiger partial charge in [0, 0.05) is 12.5 Å². The fourth-order valence-corrected chi connectivity index (χ4v) is 2.62. The zero-order valence-electron chi connectivity index (χ0n) is 11.9. The van der Waals surface area contributed by atoms with E-state index in [4.69, 9.17) is 13.9 Å². The summed E-state index contributed by atoms with van der Waals surface area (Å²) in [5.74, 6) is 1.82. The fourth-order valence-electron chi connectivity index (χ4n) is 2.62. The smallest absolute Gasteiger partial charge is 0.193 e. The van der Waals surface area contributed by atoms with Gasteiger partial charge in [-0.1, -0.05) is 18.2 Å². The van der Waals surface area contributed by atoms with Crippen LogP contribution in [0.25, 0.3) is 22.3 Å². The summed E-state index contributed by atoms with van der Waals surface area (Å²) in [5, 5.41) is 0.574. The highest BCUT2D eigenvalue weighted by molar-refractivity contribution is 5.80. The van der Waals surface area contributed by atoms with E-state index < -0.39 is 0 Å². The summed E-state index contributed by atoms with van der Waals surface area (Å²) in [6.45, 7) is 1.21. The minimum absolute atomic E-state index is 0.0657. The van der Waals surface area contributed by atoms with Crippen LogP contribution >= 0.6 is 0 Å². The molecule has 3 aromatic rings. The van der Waals surface area contributed by atoms with E-state index in [0.29, 0.717) is 41.4 Å². The molecule has 0 saturated carbocycles. The van der Waals surface area contributed by atoms with E-state index in [-0.39, 0.29) is 5.43 Å². The first-order valence-electron chi connectivity index (χ1n) is 7.25. The van der Waals surface area contributed by atoms with Crippen molar-refractivity contribution in [3.63, 3.8) is 0 Å². The van der Waals surface area contributed by atoms with Crippen LogP contribution in [-0.4, -0.2) is 13.2 Å². The molecule has 4 rings (SSSR count). The van der Waals surface area contributed by atoms with Gasteiger partial charge in [0.2, 0.25) is 0 Å². The standard InChI is InChI=1S/C18H14O4/c19-14-11-17(22-15-7-2-1-5-12(14)15)13-6-3-8-16-18(13)21-10-4-9-20-16/h1-3,5-8,11H,4,9-10H2. The third-order valence-corrected chi connectivity index (χ3v) is 3.67. The number of fused-ring (bicyclic) bond motifs is 2. The second-order valence-corrected chi connectivity index (χ2v) is 5.15. The SMILES string of the molecule is O=c1cc(-c2cccc3c2OCCCO3)oc2ccccc12. The molecule has 22 heavy (non-hydrogen) atoms. The summed E-state index contributed by atoms with van der Waals surface area (Å²) in [6, 6.07) is 14.3. The number of para-hydroxylation sites is 2. The van der Waals surface area contributed by atoms with Crippen molar-refractivity contribution in [2.45, 2.75) is 6.42 Å². The molecule has 0 N–H and O–H groups in total. The van der Waals surface area contributed by atoms with Crippen LogP contribution in [-0.2, 0) is 0 Å². The molecule has 4 nitrogen and oxygen atoms in total. The predicted octanol–water partition coefficient (Wildman–Crippen LogP) is 3.62. The Labute approximate surface area is 126 Å². The largest absolute Gasteiger partial charge is 0.490 e. The Morgan fingerprint density at radius 1 is 0.909 bits per heavy atom. The maximum Gasteiger partial charge on any atom is 0.193 e. The van der Waals surface area contributed by atoms with Gasteiger partial charge < -0.3 is 13.9 Å². The molecule has 2 aromatic carbocycles. The molecule has 0 saturated heterocycles. The van der Waals surface area contributed by atoms with Crippen LogP contribution in [0.4, 0.5) is 0 Å². The van der Waals surface area contributed by atoms with Gasteiger partial charge in [-0.05, 0) is 24.3 Å². The minimum atomic E-state index is -0.0657. The fraction of sp³-hybridized carbons (Fsp3) is 0.167. The van der Waals surface area contributed by atoms with Gasteiger partial charge in [0.15, 0.2) is 16.9 Å². The van der Waals surface area contributed by atoms with Gasteiger partial charge in [-0.25, -0.2) is 0 Å². The molecular formula is C18H14O4. The molecule has 110 valence electrons. The second kappa shape index (κ2) is 5.22. The molecule has 4 heteroatoms. The quantitative estimate of drug-likeness (QED) is 0.687. The van der Waals surface area contributed by atoms with Crippen molar-refractivity contribution in [2.75, 3.05) is 13.2 Å². The van der Waals surface area contributed by atoms with Gasteiger partial charge in [0.25, 0.3) is 0 Å². The van der Waals surface area contributed by atoms with Crippen LogP contribution in [0.1, 0.15) is 6.42 Å². The second-order valence-electron chi connectivity index (χ2n) is 5.15. The molecule has 0 radical (unpaired) electrons. The van der Waals surface area contributed by atoms with E-state index in [1.807, 2.05) is 30.3 Å². The minimum Gasteiger partial charge on any atom is -0.490 e. The van der Waals surface area contributed by atoms with Gasteiger partial charge in [0.1, 0.15) is 11.3 Å². The lowest BCUT2D eigenvalue weighted by molar-refractivity contribution is 0.297. The van der Waals surface area contributed by atoms with Crippen molar-refractivity contribution in [1.82, 2.24) is 0 Å². The number of rotatable bonds is 1. The van der Waals surface area contributed by atoms with Crippen LogP contribution in [0.5, 0.6) is 11.5 Å². The van der Waals surface area contributed by atoms with Crippen LogP contribution in [0.15, 0.2) is 57.7 Å². The molecule has 0 aliphatic carbocycles. The summed E-state index contributed by atoms with van der Waals surface area (Å²) in [7, 11) is 0. The maximum atomic E-state index is 12.3. The van der Waals surface area contributed by atoms with Crippen molar-refractivity contribution in [1.29, 1.82) is 0 Å². The van der Waals surface area contributed by atoms with Crippen molar-refractivity contribution in [2.24, 2.45) is 0 Å². The first-order chi connectivity index (χ1) is 10.8. The lowest BCUT2D eigenvalue weighted by Gasteiger charge is -2.12. The third-order valence-electron chi connectivity index (χ3n) is 3.67. The highest BCUT2D eigenvalue weighted by atomic mass is 16.5. The van der Waals surface area contributed by atoms with E-state index >= 15 is 0 Å². The van der Waals surface area contributed by atoms with E-state index in [9.17, 15) is 4.79 Å². The molecular weight excluding hydrogens is 280 g/mol. The number of benzene rings is 2. The van der Waals surface area contributed by atoms with Crippen LogP contribution in [0.3, 0.4) is 0 Å². The van der Waals surface area contributed by atoms with Gasteiger partial charge in [-0.3, -0.25) is 4.79 Å². The van der Waals surface area contributed by atoms with Crippen molar-refractivity contribution in [3.05, 3.63) is 58.8 Å². The Morgan fingerprint density at radius 2 is 1.77 bits per heavy atom. The molecule has 0 unspecified atom stereocenters. The molecule has 1 aliphatic rings. The zero-order chi connectivity index (χ0) is 14.9. The van der Waals surface area contributed by atoms with Crippen LogP contribution < -0.4 is 14.9 Å². The molecule has 0 spiro atoms. The van der Waals surface area contributed by atoms with Crippen molar-refractivity contribution in [3.8, 4) is 22.8 Å². The van der Waals surface area contributed by atoms with Crippen LogP contribution in [0.2, 0.25) is 0 Å². The van der Waals surface area contributed by atoms with Crippen LogP contribution in [0, 0.1) is 0 Å². The zero-order valence-corrected chi connectivity index (χ0v) is 11.9. The van der Waals surface area contributed by atoms with E-state index in [1.165, 1.54) is 6.07 Å². The van der Waals surface area contributed by atoms with Crippen molar-refractivity contribution >= 4 is 11.0 Å². The Morgan fingerprint density at radius 3 is 2.73 bits per heavy atom. The molecule has 1 aliphatic heterocycles. The maximum absolute atomic E-state index is 12.3. The first kappa shape index (κ1) is 13.0. The topological polar surface area (TPSA) is 48.7 Å². The molecule has 0 amide bonds. The third kappa shape index (κ3) is 2.13. The van der Waals surface area contributed by atoms with E-state index in [2.05, 4.69) is 0 Å². The highest BCUT2D eigenvalue weighted by Gasteiger charge is 2.18. The molecule has 2 heterocycles. The Kier molecular flexibility index (Phi) is 3.07. The normalized spacial score (nSPS) is 13.8. The Hall–Kier alpha value is -2.75. The summed E-state index contributed by atoms with van der Waals surface area (Å²) in [6.07, 6.45) is 0.829. The van der Waals surface area contributed by atoms with Crippen molar-refractivity contribution < 1.29 is 13.9 Å². The number of hydrogen-bond donors (Lipinski definition) is 0. The first-order valence-corrected chi connectivity index (χ1v) is 7.25. The summed E-state index contributed by atoms with van der Waals surface area (Å²) in [4.78, 5) is 12.3. The van der Waals surface area contributed by atoms with E-state index in [0.717, 1.165) is 12.0 Å². The van der Waals surface area contributed by atoms with Gasteiger partial charge in [-0.2, -0.15) is 0 Å². The molecule has 0 atom stereocenters. The summed E-state index contributed by atoms with van der Waals surface area (Å²) >= 11 is 0. The average Bonchev–Trinajstić information content (AvgIpc) is 2.80. The number of ether oxygens (including phenoxy) is 2. The summed E-state index contributed by atoms with van der Waals surface area (Å²) < 4.78 is 17.4. The molecule has 0 fully saturated rings. The number of hydrogen-bond acceptors (Lipinski definition) is 4. The van der Waals surface area contributed by atoms with Gasteiger partial charge in [0.05, 0.1) is 24.2 Å². The Balaban J connectivity index is 1.94. The van der Waals surface area contributed by atoms with E-state index in [1.54, 1.807) is 12.1 Å². The van der Waals surface area contributed by atoms with Gasteiger partial charge in [-0.15, -0.1) is 0 Å². The predicted molar refractivity (Wildman–Crippen MR) is 83.5 cm³/mol. The lowest BCUT2D eigenvalue weighted by Crippen LogP contribution is -2.01. The highest BCUT2D eigenvalue weighted by Crippen LogP contribution is 2.39. The lowest BCUT2D eigenvalue weighted by atomic mass is 10.1.